The molecule has 0 atom stereocenters. The van der Waals surface area contributed by atoms with Gasteiger partial charge in [0.05, 0.1) is 0 Å². The highest BCUT2D eigenvalue weighted by Gasteiger charge is 2.16. The van der Waals surface area contributed by atoms with Gasteiger partial charge in [-0.15, -0.1) is 0 Å². The Morgan fingerprint density at radius 2 is 1.94 bits per heavy atom. The van der Waals surface area contributed by atoms with E-state index in [2.05, 4.69) is 63.2 Å². The highest BCUT2D eigenvalue weighted by molar-refractivity contribution is 9.10. The molecule has 100 valence electrons. The Balaban J connectivity index is 2.16. The van der Waals surface area contributed by atoms with Crippen molar-refractivity contribution in [3.05, 3.63) is 28.2 Å². The van der Waals surface area contributed by atoms with Crippen molar-refractivity contribution in [2.45, 2.75) is 13.5 Å². The molecule has 1 heterocycles. The van der Waals surface area contributed by atoms with Crippen LogP contribution in [-0.4, -0.2) is 44.7 Å². The summed E-state index contributed by atoms with van der Waals surface area (Å²) in [5.41, 5.74) is 2.77. The van der Waals surface area contributed by atoms with E-state index in [0.717, 1.165) is 43.7 Å². The second-order valence-corrected chi connectivity index (χ2v) is 5.76. The summed E-state index contributed by atoms with van der Waals surface area (Å²) < 4.78 is 1.16. The number of benzene rings is 1. The van der Waals surface area contributed by atoms with Gasteiger partial charge in [-0.25, -0.2) is 0 Å². The molecule has 0 radical (unpaired) electrons. The predicted octanol–water partition coefficient (Wildman–Crippen LogP) is 2.31. The number of nitrogens with one attached hydrogen (secondary N) is 1. The summed E-state index contributed by atoms with van der Waals surface area (Å²) in [5, 5.41) is 3.42. The Bertz CT molecular complexity index is 387. The highest BCUT2D eigenvalue weighted by atomic mass is 79.9. The van der Waals surface area contributed by atoms with Gasteiger partial charge in [0.1, 0.15) is 0 Å². The van der Waals surface area contributed by atoms with Crippen LogP contribution in [0.5, 0.6) is 0 Å². The molecule has 1 aliphatic rings. The minimum atomic E-state index is 0.950. The van der Waals surface area contributed by atoms with Gasteiger partial charge in [-0.1, -0.05) is 28.9 Å². The molecular formula is C14H22BrN3. The maximum Gasteiger partial charge on any atom is 0.0424 e. The molecule has 1 aliphatic heterocycles. The maximum atomic E-state index is 3.59. The van der Waals surface area contributed by atoms with Crippen LogP contribution in [0.25, 0.3) is 0 Å². The van der Waals surface area contributed by atoms with Crippen molar-refractivity contribution < 1.29 is 0 Å². The van der Waals surface area contributed by atoms with Crippen LogP contribution < -0.4 is 10.2 Å². The van der Waals surface area contributed by atoms with Crippen molar-refractivity contribution in [3.8, 4) is 0 Å². The van der Waals surface area contributed by atoms with Crippen LogP contribution in [0.3, 0.4) is 0 Å². The van der Waals surface area contributed by atoms with Gasteiger partial charge in [0.2, 0.25) is 0 Å². The fourth-order valence-electron chi connectivity index (χ4n) is 2.29. The van der Waals surface area contributed by atoms with Crippen molar-refractivity contribution in [2.24, 2.45) is 0 Å². The van der Waals surface area contributed by atoms with E-state index in [1.165, 1.54) is 11.3 Å². The van der Waals surface area contributed by atoms with Gasteiger partial charge in [0.15, 0.2) is 0 Å². The number of halogens is 1. The number of piperazine rings is 1. The molecule has 1 fully saturated rings. The SMILES string of the molecule is CCNCc1ccc(Br)cc1N1CCN(C)CC1. The van der Waals surface area contributed by atoms with E-state index in [0.29, 0.717) is 0 Å². The molecule has 1 N–H and O–H groups in total. The number of nitrogens with zero attached hydrogens (tertiary/aromatic N) is 2. The zero-order chi connectivity index (χ0) is 13.0. The van der Waals surface area contributed by atoms with E-state index in [4.69, 9.17) is 0 Å². The lowest BCUT2D eigenvalue weighted by Crippen LogP contribution is -2.45. The van der Waals surface area contributed by atoms with E-state index in [1.54, 1.807) is 0 Å². The van der Waals surface area contributed by atoms with E-state index < -0.39 is 0 Å². The number of rotatable bonds is 4. The van der Waals surface area contributed by atoms with Crippen molar-refractivity contribution >= 4 is 21.6 Å². The minimum absolute atomic E-state index is 0.950. The zero-order valence-electron chi connectivity index (χ0n) is 11.2. The van der Waals surface area contributed by atoms with Gasteiger partial charge >= 0.3 is 0 Å². The lowest BCUT2D eigenvalue weighted by Gasteiger charge is -2.35. The lowest BCUT2D eigenvalue weighted by molar-refractivity contribution is 0.312. The van der Waals surface area contributed by atoms with Gasteiger partial charge < -0.3 is 15.1 Å². The zero-order valence-corrected chi connectivity index (χ0v) is 12.8. The van der Waals surface area contributed by atoms with Crippen LogP contribution in [0.15, 0.2) is 22.7 Å². The van der Waals surface area contributed by atoms with Gasteiger partial charge in [-0.2, -0.15) is 0 Å². The highest BCUT2D eigenvalue weighted by Crippen LogP contribution is 2.26. The summed E-state index contributed by atoms with van der Waals surface area (Å²) in [6, 6.07) is 6.60. The van der Waals surface area contributed by atoms with Gasteiger partial charge in [-0.05, 0) is 31.3 Å². The quantitative estimate of drug-likeness (QED) is 0.920. The smallest absolute Gasteiger partial charge is 0.0424 e. The van der Waals surface area contributed by atoms with E-state index >= 15 is 0 Å². The fourth-order valence-corrected chi connectivity index (χ4v) is 2.64. The molecular weight excluding hydrogens is 290 g/mol. The van der Waals surface area contributed by atoms with Gasteiger partial charge in [0, 0.05) is 42.9 Å². The molecule has 0 saturated carbocycles. The molecule has 3 nitrogen and oxygen atoms in total. The molecule has 1 saturated heterocycles. The number of hydrogen-bond donors (Lipinski definition) is 1. The van der Waals surface area contributed by atoms with E-state index in [-0.39, 0.29) is 0 Å². The summed E-state index contributed by atoms with van der Waals surface area (Å²) in [5.74, 6) is 0. The molecule has 18 heavy (non-hydrogen) atoms. The molecule has 0 bridgehead atoms. The number of likely N-dealkylation sites (N-methyl/N-ethyl adjacent to an activating group) is 1. The van der Waals surface area contributed by atoms with Crippen molar-refractivity contribution in [1.29, 1.82) is 0 Å². The Morgan fingerprint density at radius 3 is 2.61 bits per heavy atom. The fraction of sp³-hybridized carbons (Fsp3) is 0.571. The summed E-state index contributed by atoms with van der Waals surface area (Å²) in [6.07, 6.45) is 0. The topological polar surface area (TPSA) is 18.5 Å². The number of hydrogen-bond acceptors (Lipinski definition) is 3. The minimum Gasteiger partial charge on any atom is -0.369 e. The molecule has 0 spiro atoms. The largest absolute Gasteiger partial charge is 0.369 e. The van der Waals surface area contributed by atoms with Crippen LogP contribution in [-0.2, 0) is 6.54 Å². The Labute approximate surface area is 118 Å². The van der Waals surface area contributed by atoms with Gasteiger partial charge in [-0.3, -0.25) is 0 Å². The Morgan fingerprint density at radius 1 is 1.22 bits per heavy atom. The summed E-state index contributed by atoms with van der Waals surface area (Å²) >= 11 is 3.59. The summed E-state index contributed by atoms with van der Waals surface area (Å²) in [6.45, 7) is 8.64. The predicted molar refractivity (Wildman–Crippen MR) is 81.2 cm³/mol. The average Bonchev–Trinajstić information content (AvgIpc) is 2.38. The van der Waals surface area contributed by atoms with E-state index in [1.807, 2.05) is 0 Å². The molecule has 0 unspecified atom stereocenters. The molecule has 1 aromatic rings. The van der Waals surface area contributed by atoms with Crippen molar-refractivity contribution in [1.82, 2.24) is 10.2 Å². The molecule has 2 rings (SSSR count). The van der Waals surface area contributed by atoms with Crippen LogP contribution in [0.1, 0.15) is 12.5 Å². The Hall–Kier alpha value is -0.580. The normalized spacial score (nSPS) is 17.2. The van der Waals surface area contributed by atoms with Crippen LogP contribution in [0.4, 0.5) is 5.69 Å². The molecule has 0 aliphatic carbocycles. The van der Waals surface area contributed by atoms with Crippen LogP contribution in [0.2, 0.25) is 0 Å². The van der Waals surface area contributed by atoms with Crippen molar-refractivity contribution in [3.63, 3.8) is 0 Å². The Kier molecular flexibility index (Phi) is 5.03. The molecule has 4 heteroatoms. The van der Waals surface area contributed by atoms with E-state index in [9.17, 15) is 0 Å². The summed E-state index contributed by atoms with van der Waals surface area (Å²) in [7, 11) is 2.19. The second-order valence-electron chi connectivity index (χ2n) is 4.84. The standard InChI is InChI=1S/C14H22BrN3/c1-3-16-11-12-4-5-13(15)10-14(12)18-8-6-17(2)7-9-18/h4-5,10,16H,3,6-9,11H2,1-2H3. The monoisotopic (exact) mass is 311 g/mol. The first-order valence-corrected chi connectivity index (χ1v) is 7.42. The first-order chi connectivity index (χ1) is 8.70. The molecule has 0 aromatic heterocycles. The van der Waals surface area contributed by atoms with Gasteiger partial charge in [0.25, 0.3) is 0 Å². The first kappa shape index (κ1) is 13.8. The number of anilines is 1. The molecule has 1 aromatic carbocycles. The third kappa shape index (κ3) is 3.46. The summed E-state index contributed by atoms with van der Waals surface area (Å²) in [4.78, 5) is 4.88. The van der Waals surface area contributed by atoms with Crippen molar-refractivity contribution in [2.75, 3.05) is 44.7 Å². The van der Waals surface area contributed by atoms with Crippen LogP contribution in [0, 0.1) is 0 Å². The van der Waals surface area contributed by atoms with Crippen LogP contribution >= 0.6 is 15.9 Å². The second kappa shape index (κ2) is 6.55. The first-order valence-electron chi connectivity index (χ1n) is 6.63. The third-order valence-corrected chi connectivity index (χ3v) is 3.95. The lowest BCUT2D eigenvalue weighted by atomic mass is 10.1. The maximum absolute atomic E-state index is 3.59. The third-order valence-electron chi connectivity index (χ3n) is 3.46. The molecule has 0 amide bonds. The average molecular weight is 312 g/mol.